The second-order valence-electron chi connectivity index (χ2n) is 16.0. The first-order valence-corrected chi connectivity index (χ1v) is 21.1. The molecule has 2 aliphatic carbocycles. The minimum Gasteiger partial charge on any atom is -0.315 e. The molecule has 0 aromatic heterocycles. The topological polar surface area (TPSA) is 3.24 Å². The van der Waals surface area contributed by atoms with Crippen LogP contribution in [0.4, 0.5) is 5.69 Å². The minimum atomic E-state index is -0.701. The van der Waals surface area contributed by atoms with E-state index in [1.54, 1.807) is 6.08 Å². The van der Waals surface area contributed by atoms with Crippen LogP contribution < -0.4 is 4.90 Å². The van der Waals surface area contributed by atoms with E-state index in [1.807, 2.05) is 53.5 Å². The SMILES string of the molecule is [2H]C=C([2H])/C(=C([2H])\C([2H])=C\c1cccc(-c2cc3ccccc3c3ccccc23)c1)N(C(=C)CC1C=CC=CC1=C)c1ccc2c(c1)C(c1ccccc1)(c1ccccc1)c1ccccc1-2. The lowest BCUT2D eigenvalue weighted by Crippen LogP contribution is -2.29. The van der Waals surface area contributed by atoms with Gasteiger partial charge in [0.2, 0.25) is 0 Å². The third-order valence-corrected chi connectivity index (χ3v) is 12.5. The summed E-state index contributed by atoms with van der Waals surface area (Å²) in [5, 5.41) is 4.63. The van der Waals surface area contributed by atoms with E-state index in [2.05, 4.69) is 171 Å². The van der Waals surface area contributed by atoms with E-state index in [0.717, 1.165) is 73.0 Å². The summed E-state index contributed by atoms with van der Waals surface area (Å²) in [4.78, 5) is 1.83. The summed E-state index contributed by atoms with van der Waals surface area (Å²) in [5.41, 5.74) is 11.1. The molecule has 0 heterocycles. The first-order valence-electron chi connectivity index (χ1n) is 23.2. The molecule has 1 nitrogen and oxygen atoms in total. The van der Waals surface area contributed by atoms with Crippen LogP contribution in [-0.2, 0) is 5.41 Å². The van der Waals surface area contributed by atoms with Crippen molar-refractivity contribution in [2.75, 3.05) is 4.90 Å². The van der Waals surface area contributed by atoms with Crippen molar-refractivity contribution in [3.05, 3.63) is 289 Å². The number of hydrogen-bond acceptors (Lipinski definition) is 1. The summed E-state index contributed by atoms with van der Waals surface area (Å²) in [6, 6.07) is 62.6. The minimum absolute atomic E-state index is 0.0825. The van der Waals surface area contributed by atoms with Gasteiger partial charge in [-0.15, -0.1) is 0 Å². The Balaban J connectivity index is 1.15. The van der Waals surface area contributed by atoms with Gasteiger partial charge in [-0.25, -0.2) is 0 Å². The lowest BCUT2D eigenvalue weighted by Gasteiger charge is -2.35. The Morgan fingerprint density at radius 3 is 2.11 bits per heavy atom. The summed E-state index contributed by atoms with van der Waals surface area (Å²) in [5.74, 6) is -0.0825. The van der Waals surface area contributed by atoms with Crippen LogP contribution in [0.5, 0.6) is 0 Å². The smallest absolute Gasteiger partial charge is 0.0714 e. The van der Waals surface area contributed by atoms with Crippen molar-refractivity contribution in [3.8, 4) is 22.3 Å². The highest BCUT2D eigenvalue weighted by Crippen LogP contribution is 2.57. The Hall–Kier alpha value is -7.74. The van der Waals surface area contributed by atoms with Gasteiger partial charge in [0.05, 0.1) is 10.9 Å². The van der Waals surface area contributed by atoms with E-state index < -0.39 is 5.41 Å². The molecule has 0 amide bonds. The monoisotopic (exact) mass is 797 g/mol. The molecule has 1 heteroatoms. The van der Waals surface area contributed by atoms with Crippen LogP contribution in [0.1, 0.15) is 39.7 Å². The highest BCUT2D eigenvalue weighted by molar-refractivity contribution is 6.13. The highest BCUT2D eigenvalue weighted by atomic mass is 15.2. The fourth-order valence-corrected chi connectivity index (χ4v) is 9.64. The van der Waals surface area contributed by atoms with E-state index in [9.17, 15) is 4.11 Å². The maximum absolute atomic E-state index is 9.83. The van der Waals surface area contributed by atoms with Crippen molar-refractivity contribution < 1.29 is 5.48 Å². The number of nitrogens with zero attached hydrogens (tertiary/aromatic N) is 1. The van der Waals surface area contributed by atoms with Gasteiger partial charge in [-0.2, -0.15) is 0 Å². The van der Waals surface area contributed by atoms with Gasteiger partial charge in [0.15, 0.2) is 0 Å². The Bertz CT molecular complexity index is 3330. The molecule has 1 atom stereocenters. The number of rotatable bonds is 11. The molecule has 2 aliphatic rings. The predicted molar refractivity (Wildman–Crippen MR) is 265 cm³/mol. The van der Waals surface area contributed by atoms with Gasteiger partial charge in [0.1, 0.15) is 0 Å². The highest BCUT2D eigenvalue weighted by Gasteiger charge is 2.46. The van der Waals surface area contributed by atoms with Crippen molar-refractivity contribution in [3.63, 3.8) is 0 Å². The maximum Gasteiger partial charge on any atom is 0.0714 e. The zero-order valence-corrected chi connectivity index (χ0v) is 34.4. The van der Waals surface area contributed by atoms with Gasteiger partial charge in [-0.05, 0) is 120 Å². The number of allylic oxidation sites excluding steroid dienone is 9. The van der Waals surface area contributed by atoms with Crippen molar-refractivity contribution in [2.24, 2.45) is 5.92 Å². The van der Waals surface area contributed by atoms with Gasteiger partial charge >= 0.3 is 0 Å². The van der Waals surface area contributed by atoms with E-state index >= 15 is 0 Å². The summed E-state index contributed by atoms with van der Waals surface area (Å²) in [6.45, 7) is 9.95. The number of benzene rings is 8. The molecule has 0 spiro atoms. The molecule has 62 heavy (non-hydrogen) atoms. The van der Waals surface area contributed by atoms with Crippen LogP contribution >= 0.6 is 0 Å². The van der Waals surface area contributed by atoms with Crippen molar-refractivity contribution in [1.29, 1.82) is 0 Å². The van der Waals surface area contributed by atoms with Gasteiger partial charge in [0, 0.05) is 23.0 Å². The molecule has 1 unspecified atom stereocenters. The van der Waals surface area contributed by atoms with Gasteiger partial charge < -0.3 is 4.90 Å². The first-order chi connectivity index (χ1) is 32.3. The zero-order chi connectivity index (χ0) is 45.4. The van der Waals surface area contributed by atoms with Gasteiger partial charge in [-0.3, -0.25) is 0 Å². The summed E-state index contributed by atoms with van der Waals surface area (Å²) in [7, 11) is 0. The van der Waals surface area contributed by atoms with E-state index in [-0.39, 0.29) is 29.8 Å². The van der Waals surface area contributed by atoms with Gasteiger partial charge in [-0.1, -0.05) is 214 Å². The average Bonchev–Trinajstić information content (AvgIpc) is 3.66. The van der Waals surface area contributed by atoms with Crippen LogP contribution in [0.25, 0.3) is 49.9 Å². The lowest BCUT2D eigenvalue weighted by atomic mass is 9.67. The molecule has 0 bridgehead atoms. The Kier molecular flexibility index (Phi) is 8.98. The normalized spacial score (nSPS) is 16.8. The van der Waals surface area contributed by atoms with Crippen LogP contribution in [0.2, 0.25) is 0 Å². The third-order valence-electron chi connectivity index (χ3n) is 12.5. The molecule has 8 aromatic carbocycles. The van der Waals surface area contributed by atoms with Crippen molar-refractivity contribution in [1.82, 2.24) is 0 Å². The molecule has 0 saturated heterocycles. The molecular weight excluding hydrogens is 747 g/mol. The van der Waals surface area contributed by atoms with Crippen LogP contribution in [0.15, 0.2) is 261 Å². The predicted octanol–water partition coefficient (Wildman–Crippen LogP) is 15.8. The van der Waals surface area contributed by atoms with E-state index in [4.69, 9.17) is 1.37 Å². The molecule has 0 radical (unpaired) electrons. The first kappa shape index (κ1) is 34.0. The summed E-state index contributed by atoms with van der Waals surface area (Å²) in [6.07, 6.45) is 10.2. The summed E-state index contributed by atoms with van der Waals surface area (Å²) < 4.78 is 37.2. The van der Waals surface area contributed by atoms with Crippen LogP contribution in [0.3, 0.4) is 0 Å². The molecule has 0 saturated carbocycles. The zero-order valence-electron chi connectivity index (χ0n) is 38.4. The number of hydrogen-bond donors (Lipinski definition) is 0. The third kappa shape index (κ3) is 6.69. The second-order valence-corrected chi connectivity index (χ2v) is 16.0. The molecule has 0 N–H and O–H groups in total. The maximum atomic E-state index is 9.83. The quantitative estimate of drug-likeness (QED) is 0.0931. The Morgan fingerprint density at radius 2 is 1.34 bits per heavy atom. The molecule has 296 valence electrons. The summed E-state index contributed by atoms with van der Waals surface area (Å²) >= 11 is 0. The Labute approximate surface area is 371 Å². The average molecular weight is 798 g/mol. The van der Waals surface area contributed by atoms with E-state index in [0.29, 0.717) is 17.8 Å². The fraction of sp³-hybridized carbons (Fsp3) is 0.0492. The largest absolute Gasteiger partial charge is 0.315 e. The molecule has 0 fully saturated rings. The standard InChI is InChI=1S/C61H47N/c1-4-51(31-20-23-45-22-19-26-47(40-45)58-41-48-25-13-14-32-53(48)54-33-15-16-34-55(54)58)62(44(3)39-46-24-12-11-21-43(46)2)52-37-38-57-56-35-17-18-36-59(56)61(60(57)42-52,49-27-7-5-8-28-49)50-29-9-6-10-30-50/h4-38,40-42,46H,1-3,39H2/b23-20+,51-31+/i1D,4D,20D,31D/b4-1?,23-20+,51-31+. The lowest BCUT2D eigenvalue weighted by molar-refractivity contribution is 0.743. The molecule has 0 aliphatic heterocycles. The van der Waals surface area contributed by atoms with Crippen molar-refractivity contribution in [2.45, 2.75) is 11.8 Å². The van der Waals surface area contributed by atoms with Gasteiger partial charge in [0.25, 0.3) is 0 Å². The van der Waals surface area contributed by atoms with E-state index in [1.165, 1.54) is 10.8 Å². The van der Waals surface area contributed by atoms with Crippen molar-refractivity contribution >= 4 is 33.3 Å². The molecule has 8 aromatic rings. The molecule has 10 rings (SSSR count). The van der Waals surface area contributed by atoms with Crippen LogP contribution in [-0.4, -0.2) is 0 Å². The molecular formula is C61H47N. The second kappa shape index (κ2) is 16.4. The number of fused-ring (bicyclic) bond motifs is 6. The Morgan fingerprint density at radius 1 is 0.645 bits per heavy atom. The number of anilines is 1. The van der Waals surface area contributed by atoms with Crippen LogP contribution in [0, 0.1) is 5.92 Å². The fourth-order valence-electron chi connectivity index (χ4n) is 9.64.